The quantitative estimate of drug-likeness (QED) is 0.363. The van der Waals surface area contributed by atoms with Crippen LogP contribution < -0.4 is 12.9 Å². The number of hydrogen-bond acceptors (Lipinski definition) is 3. The van der Waals surface area contributed by atoms with E-state index in [9.17, 15) is 0 Å². The third-order valence-corrected chi connectivity index (χ3v) is 4.73. The van der Waals surface area contributed by atoms with Crippen molar-refractivity contribution in [2.75, 3.05) is 19.6 Å². The lowest BCUT2D eigenvalue weighted by atomic mass is 10.3. The number of nitrogens with one attached hydrogen (secondary N) is 3. The van der Waals surface area contributed by atoms with Crippen LogP contribution in [0.4, 0.5) is 0 Å². The molecule has 0 rings (SSSR count). The molecule has 0 fully saturated rings. The average Bonchev–Trinajstić information content (AvgIpc) is 2.29. The van der Waals surface area contributed by atoms with Gasteiger partial charge in [-0.3, -0.25) is 0 Å². The van der Waals surface area contributed by atoms with Gasteiger partial charge in [0.15, 0.2) is 0 Å². The Hall–Kier alpha value is 0.412. The first-order valence-electron chi connectivity index (χ1n) is 7.05. The Morgan fingerprint density at radius 3 is 1.19 bits per heavy atom. The van der Waals surface area contributed by atoms with Gasteiger partial charge in [0.1, 0.15) is 0 Å². The third kappa shape index (κ3) is 10.9. The Bertz CT molecular complexity index is 110. The third-order valence-electron chi connectivity index (χ3n) is 2.64. The van der Waals surface area contributed by atoms with Crippen molar-refractivity contribution in [2.45, 2.75) is 59.3 Å². The fourth-order valence-electron chi connectivity index (χ4n) is 1.49. The topological polar surface area (TPSA) is 36.1 Å². The van der Waals surface area contributed by atoms with E-state index in [1.807, 2.05) is 0 Å². The molecule has 4 heteroatoms. The van der Waals surface area contributed by atoms with Crippen LogP contribution in [0.15, 0.2) is 0 Å². The van der Waals surface area contributed by atoms with Gasteiger partial charge < -0.3 is 12.9 Å². The second-order valence-electron chi connectivity index (χ2n) is 4.36. The lowest BCUT2D eigenvalue weighted by Gasteiger charge is -2.15. The molecule has 16 heavy (non-hydrogen) atoms. The van der Waals surface area contributed by atoms with Crippen molar-refractivity contribution in [3.05, 3.63) is 0 Å². The summed E-state index contributed by atoms with van der Waals surface area (Å²) in [6.07, 6.45) is 7.69. The van der Waals surface area contributed by atoms with Gasteiger partial charge in [-0.2, -0.15) is 0 Å². The van der Waals surface area contributed by atoms with Crippen LogP contribution in [0.3, 0.4) is 0 Å². The van der Waals surface area contributed by atoms with Crippen LogP contribution in [0, 0.1) is 0 Å². The molecule has 0 aliphatic heterocycles. The van der Waals surface area contributed by atoms with E-state index < -0.39 is 14.8 Å². The largest absolute Gasteiger partial charge is 0.600 e. The first kappa shape index (κ1) is 16.4. The molecule has 0 aromatic rings. The maximum absolute atomic E-state index is 3.66. The van der Waals surface area contributed by atoms with Crippen molar-refractivity contribution in [2.24, 2.45) is 0 Å². The molecule has 0 aromatic carbocycles. The Balaban J connectivity index is 3.58. The van der Waals surface area contributed by atoms with Crippen LogP contribution in [-0.4, -0.2) is 34.4 Å². The Kier molecular flexibility index (Phi) is 13.8. The molecule has 0 spiro atoms. The van der Waals surface area contributed by atoms with Crippen molar-refractivity contribution in [3.8, 4) is 0 Å². The number of unbranched alkanes of at least 4 members (excludes halogenated alkanes) is 3. The van der Waals surface area contributed by atoms with Gasteiger partial charge in [-0.25, -0.2) is 0 Å². The summed E-state index contributed by atoms with van der Waals surface area (Å²) in [5.41, 5.74) is 0. The first-order chi connectivity index (χ1) is 7.85. The van der Waals surface area contributed by atoms with Crippen LogP contribution in [0.25, 0.3) is 0 Å². The second kappa shape index (κ2) is 13.5. The molecule has 0 saturated heterocycles. The summed E-state index contributed by atoms with van der Waals surface area (Å²) in [5, 5.41) is 0. The van der Waals surface area contributed by atoms with Gasteiger partial charge >= 0.3 is 14.8 Å². The fourth-order valence-corrected chi connectivity index (χ4v) is 3.40. The second-order valence-corrected chi connectivity index (χ2v) is 6.45. The Morgan fingerprint density at radius 2 is 0.938 bits per heavy atom. The first-order valence-corrected chi connectivity index (χ1v) is 8.78. The van der Waals surface area contributed by atoms with Gasteiger partial charge in [-0.05, 0) is 38.9 Å². The Morgan fingerprint density at radius 1 is 0.625 bits per heavy atom. The van der Waals surface area contributed by atoms with Crippen LogP contribution >= 0.6 is 0 Å². The SMILES string of the molecule is CCCC[NH][Al]([NH]CCCC)[NH]CCCC. The summed E-state index contributed by atoms with van der Waals surface area (Å²) in [4.78, 5) is 0. The zero-order chi connectivity index (χ0) is 12.1. The fraction of sp³-hybridized carbons (Fsp3) is 1.00. The highest BCUT2D eigenvalue weighted by molar-refractivity contribution is 6.50. The van der Waals surface area contributed by atoms with E-state index in [0.29, 0.717) is 0 Å². The van der Waals surface area contributed by atoms with Gasteiger partial charge in [-0.15, -0.1) is 0 Å². The van der Waals surface area contributed by atoms with Gasteiger partial charge in [0.25, 0.3) is 0 Å². The van der Waals surface area contributed by atoms with Crippen LogP contribution in [-0.2, 0) is 0 Å². The maximum atomic E-state index is 3.66. The van der Waals surface area contributed by atoms with Crippen molar-refractivity contribution in [1.82, 2.24) is 12.9 Å². The summed E-state index contributed by atoms with van der Waals surface area (Å²) in [5.74, 6) is 0. The van der Waals surface area contributed by atoms with E-state index in [1.165, 1.54) is 38.5 Å². The predicted molar refractivity (Wildman–Crippen MR) is 74.5 cm³/mol. The molecule has 0 unspecified atom stereocenters. The molecule has 0 radical (unpaired) electrons. The molecule has 3 N–H and O–H groups in total. The molecular weight excluding hydrogens is 213 g/mol. The van der Waals surface area contributed by atoms with E-state index in [1.54, 1.807) is 0 Å². The lowest BCUT2D eigenvalue weighted by Crippen LogP contribution is -2.58. The van der Waals surface area contributed by atoms with Crippen molar-refractivity contribution >= 4 is 14.8 Å². The van der Waals surface area contributed by atoms with Crippen molar-refractivity contribution < 1.29 is 0 Å². The van der Waals surface area contributed by atoms with Gasteiger partial charge in [0.2, 0.25) is 0 Å². The van der Waals surface area contributed by atoms with Crippen LogP contribution in [0.5, 0.6) is 0 Å². The monoisotopic (exact) mass is 243 g/mol. The summed E-state index contributed by atoms with van der Waals surface area (Å²) in [6.45, 7) is 10.2. The number of hydrogen-bond donors (Lipinski definition) is 3. The maximum Gasteiger partial charge on any atom is 0.600 e. The van der Waals surface area contributed by atoms with E-state index in [4.69, 9.17) is 0 Å². The van der Waals surface area contributed by atoms with Crippen LogP contribution in [0.2, 0.25) is 0 Å². The van der Waals surface area contributed by atoms with Gasteiger partial charge in [-0.1, -0.05) is 40.0 Å². The summed E-state index contributed by atoms with van der Waals surface area (Å²) < 4.78 is 11.0. The van der Waals surface area contributed by atoms with Gasteiger partial charge in [0, 0.05) is 0 Å². The molecule has 3 nitrogen and oxygen atoms in total. The minimum absolute atomic E-state index is 1.08. The molecule has 0 amide bonds. The molecule has 0 bridgehead atoms. The number of rotatable bonds is 12. The summed E-state index contributed by atoms with van der Waals surface area (Å²) >= 11 is -1.08. The normalized spacial score (nSPS) is 10.7. The van der Waals surface area contributed by atoms with E-state index >= 15 is 0 Å². The highest BCUT2D eigenvalue weighted by Crippen LogP contribution is 1.86. The predicted octanol–water partition coefficient (Wildman–Crippen LogP) is 2.14. The van der Waals surface area contributed by atoms with E-state index in [-0.39, 0.29) is 0 Å². The molecule has 0 aliphatic carbocycles. The van der Waals surface area contributed by atoms with Crippen molar-refractivity contribution in [3.63, 3.8) is 0 Å². The van der Waals surface area contributed by atoms with Crippen molar-refractivity contribution in [1.29, 1.82) is 0 Å². The van der Waals surface area contributed by atoms with Gasteiger partial charge in [0.05, 0.1) is 0 Å². The summed E-state index contributed by atoms with van der Waals surface area (Å²) in [6, 6.07) is 0. The zero-order valence-corrected chi connectivity index (χ0v) is 12.6. The molecular formula is C12H30AlN3. The lowest BCUT2D eigenvalue weighted by molar-refractivity contribution is 0.681. The molecule has 0 atom stereocenters. The minimum atomic E-state index is -1.08. The molecule has 0 aliphatic rings. The molecule has 0 saturated carbocycles. The minimum Gasteiger partial charge on any atom is -0.371 e. The summed E-state index contributed by atoms with van der Waals surface area (Å²) in [7, 11) is 0. The molecule has 96 valence electrons. The molecule has 0 heterocycles. The highest BCUT2D eigenvalue weighted by Gasteiger charge is 2.18. The van der Waals surface area contributed by atoms with Crippen LogP contribution in [0.1, 0.15) is 59.3 Å². The smallest absolute Gasteiger partial charge is 0.371 e. The Labute approximate surface area is 107 Å². The standard InChI is InChI=1S/3C4H10N.Al/c3*1-2-3-4-5;/h3*5H,2-4H2,1H3;/q3*-1;+3. The van der Waals surface area contributed by atoms with E-state index in [2.05, 4.69) is 33.7 Å². The molecule has 0 aromatic heterocycles. The average molecular weight is 243 g/mol. The highest BCUT2D eigenvalue weighted by atomic mass is 27.2. The van der Waals surface area contributed by atoms with E-state index in [0.717, 1.165) is 19.6 Å². The zero-order valence-electron chi connectivity index (χ0n) is 11.4.